The lowest BCUT2D eigenvalue weighted by Gasteiger charge is -2.22. The van der Waals surface area contributed by atoms with Crippen LogP contribution in [0.25, 0.3) is 0 Å². The number of carbonyl (C=O) groups excluding carboxylic acids is 1. The predicted molar refractivity (Wildman–Crippen MR) is 70.0 cm³/mol. The largest absolute Gasteiger partial charge is 0.326 e. The molecular weight excluding hydrogens is 212 g/mol. The molecule has 1 amide bonds. The van der Waals surface area contributed by atoms with Crippen LogP contribution in [0.3, 0.4) is 0 Å². The number of rotatable bonds is 3. The third-order valence-corrected chi connectivity index (χ3v) is 3.26. The lowest BCUT2D eigenvalue weighted by atomic mass is 9.91. The van der Waals surface area contributed by atoms with Gasteiger partial charge in [-0.1, -0.05) is 12.1 Å². The van der Waals surface area contributed by atoms with Gasteiger partial charge >= 0.3 is 0 Å². The summed E-state index contributed by atoms with van der Waals surface area (Å²) in [6, 6.07) is 8.20. The Hall–Kier alpha value is -1.35. The Morgan fingerprint density at radius 3 is 2.53 bits per heavy atom. The topological polar surface area (TPSA) is 41.1 Å². The monoisotopic (exact) mass is 232 g/mol. The van der Waals surface area contributed by atoms with Crippen molar-refractivity contribution in [3.8, 4) is 0 Å². The summed E-state index contributed by atoms with van der Waals surface area (Å²) < 4.78 is 0. The standard InChI is InChI=1S/C14H20N2O/c1-11(17)16-14-4-2-12(3-5-14)10-13-6-8-15-9-7-13/h2-5,13,15H,6-10H2,1H3,(H,16,17). The van der Waals surface area contributed by atoms with Gasteiger partial charge in [0.15, 0.2) is 0 Å². The van der Waals surface area contributed by atoms with E-state index in [1.165, 1.54) is 25.3 Å². The van der Waals surface area contributed by atoms with Gasteiger partial charge in [-0.2, -0.15) is 0 Å². The third kappa shape index (κ3) is 3.86. The van der Waals surface area contributed by atoms with Crippen molar-refractivity contribution in [2.24, 2.45) is 5.92 Å². The zero-order valence-electron chi connectivity index (χ0n) is 10.3. The van der Waals surface area contributed by atoms with Gasteiger partial charge < -0.3 is 10.6 Å². The summed E-state index contributed by atoms with van der Waals surface area (Å²) in [6.07, 6.45) is 3.70. The maximum atomic E-state index is 10.9. The van der Waals surface area contributed by atoms with Gasteiger partial charge in [0.05, 0.1) is 0 Å². The van der Waals surface area contributed by atoms with E-state index < -0.39 is 0 Å². The molecule has 0 bridgehead atoms. The van der Waals surface area contributed by atoms with Gasteiger partial charge in [-0.15, -0.1) is 0 Å². The van der Waals surface area contributed by atoms with Gasteiger partial charge in [0.25, 0.3) is 0 Å². The molecule has 0 aromatic heterocycles. The molecule has 0 radical (unpaired) electrons. The molecule has 2 rings (SSSR count). The summed E-state index contributed by atoms with van der Waals surface area (Å²) in [5.74, 6) is 0.791. The molecule has 0 unspecified atom stereocenters. The van der Waals surface area contributed by atoms with Crippen molar-refractivity contribution in [1.29, 1.82) is 0 Å². The summed E-state index contributed by atoms with van der Waals surface area (Å²) in [4.78, 5) is 10.9. The van der Waals surface area contributed by atoms with E-state index in [1.807, 2.05) is 12.1 Å². The zero-order chi connectivity index (χ0) is 12.1. The summed E-state index contributed by atoms with van der Waals surface area (Å²) in [6.45, 7) is 3.83. The van der Waals surface area contributed by atoms with E-state index in [-0.39, 0.29) is 5.91 Å². The smallest absolute Gasteiger partial charge is 0.221 e. The summed E-state index contributed by atoms with van der Waals surface area (Å²) in [5, 5.41) is 6.17. The normalized spacial score (nSPS) is 16.8. The molecule has 0 spiro atoms. The van der Waals surface area contributed by atoms with Crippen LogP contribution in [0.15, 0.2) is 24.3 Å². The molecule has 1 fully saturated rings. The SMILES string of the molecule is CC(=O)Nc1ccc(CC2CCNCC2)cc1. The van der Waals surface area contributed by atoms with E-state index in [0.717, 1.165) is 31.1 Å². The van der Waals surface area contributed by atoms with Crippen LogP contribution in [-0.4, -0.2) is 19.0 Å². The molecule has 3 heteroatoms. The first-order valence-corrected chi connectivity index (χ1v) is 6.31. The highest BCUT2D eigenvalue weighted by atomic mass is 16.1. The molecule has 1 saturated heterocycles. The Morgan fingerprint density at radius 1 is 1.29 bits per heavy atom. The average molecular weight is 232 g/mol. The second-order valence-electron chi connectivity index (χ2n) is 4.78. The van der Waals surface area contributed by atoms with Crippen LogP contribution in [0, 0.1) is 5.92 Å². The van der Waals surface area contributed by atoms with Crippen molar-refractivity contribution in [3.63, 3.8) is 0 Å². The third-order valence-electron chi connectivity index (χ3n) is 3.26. The molecule has 0 atom stereocenters. The minimum atomic E-state index is -0.0175. The highest BCUT2D eigenvalue weighted by molar-refractivity contribution is 5.88. The molecule has 0 aliphatic carbocycles. The first-order chi connectivity index (χ1) is 8.24. The lowest BCUT2D eigenvalue weighted by molar-refractivity contribution is -0.114. The number of anilines is 1. The Morgan fingerprint density at radius 2 is 1.94 bits per heavy atom. The molecule has 1 aromatic rings. The first-order valence-electron chi connectivity index (χ1n) is 6.31. The molecule has 1 heterocycles. The van der Waals surface area contributed by atoms with E-state index in [2.05, 4.69) is 22.8 Å². The fraction of sp³-hybridized carbons (Fsp3) is 0.500. The maximum Gasteiger partial charge on any atom is 0.221 e. The van der Waals surface area contributed by atoms with Crippen molar-refractivity contribution < 1.29 is 4.79 Å². The van der Waals surface area contributed by atoms with Crippen molar-refractivity contribution in [3.05, 3.63) is 29.8 Å². The number of benzene rings is 1. The van der Waals surface area contributed by atoms with Crippen LogP contribution in [0.1, 0.15) is 25.3 Å². The van der Waals surface area contributed by atoms with Crippen LogP contribution in [0.5, 0.6) is 0 Å². The lowest BCUT2D eigenvalue weighted by Crippen LogP contribution is -2.28. The summed E-state index contributed by atoms with van der Waals surface area (Å²) >= 11 is 0. The first kappa shape index (κ1) is 12.1. The van der Waals surface area contributed by atoms with Crippen molar-refractivity contribution >= 4 is 11.6 Å². The second-order valence-corrected chi connectivity index (χ2v) is 4.78. The van der Waals surface area contributed by atoms with E-state index in [1.54, 1.807) is 0 Å². The fourth-order valence-corrected chi connectivity index (χ4v) is 2.35. The van der Waals surface area contributed by atoms with Gasteiger partial charge in [0.1, 0.15) is 0 Å². The van der Waals surface area contributed by atoms with Crippen LogP contribution in [0.4, 0.5) is 5.69 Å². The molecule has 92 valence electrons. The van der Waals surface area contributed by atoms with Gasteiger partial charge in [-0.05, 0) is 56.0 Å². The van der Waals surface area contributed by atoms with E-state index in [9.17, 15) is 4.79 Å². The Labute approximate surface area is 103 Å². The van der Waals surface area contributed by atoms with Crippen molar-refractivity contribution in [2.75, 3.05) is 18.4 Å². The van der Waals surface area contributed by atoms with Crippen LogP contribution >= 0.6 is 0 Å². The highest BCUT2D eigenvalue weighted by Crippen LogP contribution is 2.19. The molecule has 0 saturated carbocycles. The summed E-state index contributed by atoms with van der Waals surface area (Å²) in [5.41, 5.74) is 2.25. The van der Waals surface area contributed by atoms with Gasteiger partial charge in [0, 0.05) is 12.6 Å². The van der Waals surface area contributed by atoms with Gasteiger partial charge in [0.2, 0.25) is 5.91 Å². The Kier molecular flexibility index (Phi) is 4.15. The number of amides is 1. The Balaban J connectivity index is 1.90. The highest BCUT2D eigenvalue weighted by Gasteiger charge is 2.13. The number of hydrogen-bond acceptors (Lipinski definition) is 2. The number of nitrogens with one attached hydrogen (secondary N) is 2. The van der Waals surface area contributed by atoms with Crippen LogP contribution in [-0.2, 0) is 11.2 Å². The predicted octanol–water partition coefficient (Wildman–Crippen LogP) is 2.19. The molecule has 1 aromatic carbocycles. The number of carbonyl (C=O) groups is 1. The minimum Gasteiger partial charge on any atom is -0.326 e. The van der Waals surface area contributed by atoms with E-state index in [4.69, 9.17) is 0 Å². The van der Waals surface area contributed by atoms with E-state index >= 15 is 0 Å². The molecule has 17 heavy (non-hydrogen) atoms. The molecule has 1 aliphatic heterocycles. The van der Waals surface area contributed by atoms with Gasteiger partial charge in [-0.25, -0.2) is 0 Å². The number of piperidine rings is 1. The van der Waals surface area contributed by atoms with Crippen molar-refractivity contribution in [2.45, 2.75) is 26.2 Å². The quantitative estimate of drug-likeness (QED) is 0.838. The fourth-order valence-electron chi connectivity index (χ4n) is 2.35. The van der Waals surface area contributed by atoms with Gasteiger partial charge in [-0.3, -0.25) is 4.79 Å². The molecular formula is C14H20N2O. The molecule has 2 N–H and O–H groups in total. The zero-order valence-corrected chi connectivity index (χ0v) is 10.3. The van der Waals surface area contributed by atoms with Crippen LogP contribution in [0.2, 0.25) is 0 Å². The second kappa shape index (κ2) is 5.82. The summed E-state index contributed by atoms with van der Waals surface area (Å²) in [7, 11) is 0. The average Bonchev–Trinajstić information content (AvgIpc) is 2.32. The van der Waals surface area contributed by atoms with E-state index in [0.29, 0.717) is 0 Å². The minimum absolute atomic E-state index is 0.0175. The Bertz CT molecular complexity index is 366. The van der Waals surface area contributed by atoms with Crippen molar-refractivity contribution in [1.82, 2.24) is 5.32 Å². The number of hydrogen-bond donors (Lipinski definition) is 2. The molecule has 1 aliphatic rings. The van der Waals surface area contributed by atoms with Crippen LogP contribution < -0.4 is 10.6 Å². The molecule has 3 nitrogen and oxygen atoms in total. The maximum absolute atomic E-state index is 10.9.